The summed E-state index contributed by atoms with van der Waals surface area (Å²) in [5.41, 5.74) is 7.43. The van der Waals surface area contributed by atoms with Gasteiger partial charge in [-0.1, -0.05) is 31.5 Å². The summed E-state index contributed by atoms with van der Waals surface area (Å²) in [6.07, 6.45) is 1.87. The van der Waals surface area contributed by atoms with E-state index in [2.05, 4.69) is 6.92 Å². The van der Waals surface area contributed by atoms with E-state index in [0.29, 0.717) is 5.56 Å². The van der Waals surface area contributed by atoms with Gasteiger partial charge >= 0.3 is 5.97 Å². The number of benzene rings is 1. The Kier molecular flexibility index (Phi) is 4.31. The third kappa shape index (κ3) is 2.80. The van der Waals surface area contributed by atoms with Crippen LogP contribution in [0.5, 0.6) is 0 Å². The van der Waals surface area contributed by atoms with Crippen LogP contribution in [-0.2, 0) is 4.74 Å². The quantitative estimate of drug-likeness (QED) is 0.770. The molecule has 3 nitrogen and oxygen atoms in total. The van der Waals surface area contributed by atoms with Crippen LogP contribution in [0.15, 0.2) is 24.3 Å². The fourth-order valence-electron chi connectivity index (χ4n) is 1.58. The third-order valence-electron chi connectivity index (χ3n) is 2.37. The molecule has 0 bridgehead atoms. The maximum atomic E-state index is 11.5. The van der Waals surface area contributed by atoms with E-state index >= 15 is 0 Å². The molecule has 0 aliphatic carbocycles. The summed E-state index contributed by atoms with van der Waals surface area (Å²) < 4.78 is 4.71. The summed E-state index contributed by atoms with van der Waals surface area (Å²) >= 11 is 0. The van der Waals surface area contributed by atoms with Crippen LogP contribution >= 0.6 is 0 Å². The van der Waals surface area contributed by atoms with Gasteiger partial charge in [-0.2, -0.15) is 0 Å². The SMILES string of the molecule is CCCC(N)c1ccccc1C(=O)OC. The third-order valence-corrected chi connectivity index (χ3v) is 2.37. The first-order valence-corrected chi connectivity index (χ1v) is 5.13. The van der Waals surface area contributed by atoms with E-state index in [0.717, 1.165) is 18.4 Å². The number of ether oxygens (including phenoxy) is 1. The van der Waals surface area contributed by atoms with Gasteiger partial charge in [-0.15, -0.1) is 0 Å². The van der Waals surface area contributed by atoms with Crippen molar-refractivity contribution in [3.8, 4) is 0 Å². The molecule has 1 rings (SSSR count). The summed E-state index contributed by atoms with van der Waals surface area (Å²) in [6, 6.07) is 7.24. The smallest absolute Gasteiger partial charge is 0.338 e. The molecular weight excluding hydrogens is 190 g/mol. The van der Waals surface area contributed by atoms with Gasteiger partial charge in [0, 0.05) is 6.04 Å². The predicted molar refractivity (Wildman–Crippen MR) is 59.6 cm³/mol. The molecular formula is C12H17NO2. The topological polar surface area (TPSA) is 52.3 Å². The summed E-state index contributed by atoms with van der Waals surface area (Å²) in [6.45, 7) is 2.07. The van der Waals surface area contributed by atoms with Crippen molar-refractivity contribution in [1.29, 1.82) is 0 Å². The van der Waals surface area contributed by atoms with Crippen LogP contribution < -0.4 is 5.73 Å². The fraction of sp³-hybridized carbons (Fsp3) is 0.417. The van der Waals surface area contributed by atoms with Crippen LogP contribution in [0.25, 0.3) is 0 Å². The molecule has 0 saturated heterocycles. The minimum absolute atomic E-state index is 0.0923. The molecule has 3 heteroatoms. The fourth-order valence-corrected chi connectivity index (χ4v) is 1.58. The first-order chi connectivity index (χ1) is 7.20. The highest BCUT2D eigenvalue weighted by Gasteiger charge is 2.15. The van der Waals surface area contributed by atoms with Crippen molar-refractivity contribution in [2.24, 2.45) is 5.73 Å². The van der Waals surface area contributed by atoms with E-state index in [1.807, 2.05) is 18.2 Å². The van der Waals surface area contributed by atoms with Gasteiger partial charge in [-0.25, -0.2) is 4.79 Å². The van der Waals surface area contributed by atoms with Crippen LogP contribution in [0.4, 0.5) is 0 Å². The van der Waals surface area contributed by atoms with Crippen molar-refractivity contribution in [2.45, 2.75) is 25.8 Å². The summed E-state index contributed by atoms with van der Waals surface area (Å²) in [5, 5.41) is 0. The van der Waals surface area contributed by atoms with E-state index in [9.17, 15) is 4.79 Å². The maximum absolute atomic E-state index is 11.5. The van der Waals surface area contributed by atoms with Crippen molar-refractivity contribution in [2.75, 3.05) is 7.11 Å². The molecule has 0 radical (unpaired) electrons. The van der Waals surface area contributed by atoms with Crippen molar-refractivity contribution < 1.29 is 9.53 Å². The van der Waals surface area contributed by atoms with Crippen LogP contribution in [-0.4, -0.2) is 13.1 Å². The number of hydrogen-bond acceptors (Lipinski definition) is 3. The molecule has 0 aromatic heterocycles. The monoisotopic (exact) mass is 207 g/mol. The van der Waals surface area contributed by atoms with Crippen molar-refractivity contribution >= 4 is 5.97 Å². The second-order valence-corrected chi connectivity index (χ2v) is 3.47. The molecule has 1 aromatic rings. The van der Waals surface area contributed by atoms with Gasteiger partial charge in [0.15, 0.2) is 0 Å². The minimum atomic E-state index is -0.322. The van der Waals surface area contributed by atoms with Gasteiger partial charge in [0.1, 0.15) is 0 Å². The molecule has 0 spiro atoms. The average molecular weight is 207 g/mol. The number of esters is 1. The van der Waals surface area contributed by atoms with Gasteiger partial charge < -0.3 is 10.5 Å². The van der Waals surface area contributed by atoms with Gasteiger partial charge in [0.25, 0.3) is 0 Å². The summed E-state index contributed by atoms with van der Waals surface area (Å²) in [5.74, 6) is -0.322. The Balaban J connectivity index is 3.00. The van der Waals surface area contributed by atoms with Crippen LogP contribution in [0, 0.1) is 0 Å². The van der Waals surface area contributed by atoms with E-state index in [1.165, 1.54) is 7.11 Å². The van der Waals surface area contributed by atoms with E-state index in [-0.39, 0.29) is 12.0 Å². The highest BCUT2D eigenvalue weighted by Crippen LogP contribution is 2.20. The second kappa shape index (κ2) is 5.51. The molecule has 1 atom stereocenters. The number of methoxy groups -OCH3 is 1. The van der Waals surface area contributed by atoms with Gasteiger partial charge in [-0.05, 0) is 18.1 Å². The van der Waals surface area contributed by atoms with Crippen molar-refractivity contribution in [1.82, 2.24) is 0 Å². The van der Waals surface area contributed by atoms with E-state index in [4.69, 9.17) is 10.5 Å². The van der Waals surface area contributed by atoms with Gasteiger partial charge in [0.2, 0.25) is 0 Å². The van der Waals surface area contributed by atoms with Crippen LogP contribution in [0.3, 0.4) is 0 Å². The van der Waals surface area contributed by atoms with Crippen molar-refractivity contribution in [3.05, 3.63) is 35.4 Å². The molecule has 2 N–H and O–H groups in total. The highest BCUT2D eigenvalue weighted by molar-refractivity contribution is 5.91. The van der Waals surface area contributed by atoms with Crippen LogP contribution in [0.2, 0.25) is 0 Å². The molecule has 0 fully saturated rings. The molecule has 0 saturated carbocycles. The molecule has 0 aliphatic rings. The number of rotatable bonds is 4. The average Bonchev–Trinajstić information content (AvgIpc) is 2.28. The molecule has 0 aliphatic heterocycles. The Hall–Kier alpha value is -1.35. The zero-order chi connectivity index (χ0) is 11.3. The number of carbonyl (C=O) groups excluding carboxylic acids is 1. The molecule has 82 valence electrons. The first-order valence-electron chi connectivity index (χ1n) is 5.13. The predicted octanol–water partition coefficient (Wildman–Crippen LogP) is 2.27. The molecule has 0 heterocycles. The lowest BCUT2D eigenvalue weighted by Crippen LogP contribution is -2.15. The zero-order valence-corrected chi connectivity index (χ0v) is 9.19. The Morgan fingerprint density at radius 3 is 2.73 bits per heavy atom. The number of nitrogens with two attached hydrogens (primary N) is 1. The largest absolute Gasteiger partial charge is 0.465 e. The molecule has 1 unspecified atom stereocenters. The normalized spacial score (nSPS) is 12.2. The highest BCUT2D eigenvalue weighted by atomic mass is 16.5. The second-order valence-electron chi connectivity index (χ2n) is 3.47. The zero-order valence-electron chi connectivity index (χ0n) is 9.19. The standard InChI is InChI=1S/C12H17NO2/c1-3-6-11(13)9-7-4-5-8-10(9)12(14)15-2/h4-5,7-8,11H,3,6,13H2,1-2H3. The lowest BCUT2D eigenvalue weighted by atomic mass is 9.98. The molecule has 0 amide bonds. The lowest BCUT2D eigenvalue weighted by Gasteiger charge is -2.14. The molecule has 1 aromatic carbocycles. The summed E-state index contributed by atoms with van der Waals surface area (Å²) in [4.78, 5) is 11.5. The van der Waals surface area contributed by atoms with Crippen LogP contribution in [0.1, 0.15) is 41.7 Å². The van der Waals surface area contributed by atoms with E-state index < -0.39 is 0 Å². The maximum Gasteiger partial charge on any atom is 0.338 e. The number of carbonyl (C=O) groups is 1. The van der Waals surface area contributed by atoms with E-state index in [1.54, 1.807) is 6.07 Å². The Morgan fingerprint density at radius 1 is 1.47 bits per heavy atom. The van der Waals surface area contributed by atoms with Gasteiger partial charge in [-0.3, -0.25) is 0 Å². The number of hydrogen-bond donors (Lipinski definition) is 1. The summed E-state index contributed by atoms with van der Waals surface area (Å²) in [7, 11) is 1.38. The van der Waals surface area contributed by atoms with Gasteiger partial charge in [0.05, 0.1) is 12.7 Å². The Labute approximate surface area is 90.2 Å². The Morgan fingerprint density at radius 2 is 2.13 bits per heavy atom. The minimum Gasteiger partial charge on any atom is -0.465 e. The first kappa shape index (κ1) is 11.7. The molecule has 15 heavy (non-hydrogen) atoms. The Bertz CT molecular complexity index is 336. The van der Waals surface area contributed by atoms with Crippen molar-refractivity contribution in [3.63, 3.8) is 0 Å². The lowest BCUT2D eigenvalue weighted by molar-refractivity contribution is 0.0599.